The second kappa shape index (κ2) is 8.84. The zero-order chi connectivity index (χ0) is 19.3. The van der Waals surface area contributed by atoms with Crippen LogP contribution in [0.5, 0.6) is 0 Å². The van der Waals surface area contributed by atoms with Crippen molar-refractivity contribution in [3.8, 4) is 0 Å². The molecule has 1 amide bonds. The zero-order valence-corrected chi connectivity index (χ0v) is 18.5. The van der Waals surface area contributed by atoms with Crippen molar-refractivity contribution in [1.29, 1.82) is 0 Å². The van der Waals surface area contributed by atoms with Gasteiger partial charge in [-0.1, -0.05) is 20.8 Å². The molecule has 7 heteroatoms. The maximum Gasteiger partial charge on any atom is 0.407 e. The molecule has 6 nitrogen and oxygen atoms in total. The number of piperazine rings is 1. The van der Waals surface area contributed by atoms with Crippen molar-refractivity contribution >= 4 is 14.4 Å². The van der Waals surface area contributed by atoms with E-state index in [-0.39, 0.29) is 17.2 Å². The molecule has 25 heavy (non-hydrogen) atoms. The lowest BCUT2D eigenvalue weighted by atomic mass is 10.2. The number of carbonyl (C=O) groups is 1. The second-order valence-corrected chi connectivity index (χ2v) is 14.3. The molecule has 0 saturated carbocycles. The van der Waals surface area contributed by atoms with E-state index in [2.05, 4.69) is 49.4 Å². The average Bonchev–Trinajstić information content (AvgIpc) is 2.42. The fourth-order valence-corrected chi connectivity index (χ4v) is 3.40. The summed E-state index contributed by atoms with van der Waals surface area (Å²) >= 11 is 0. The van der Waals surface area contributed by atoms with Gasteiger partial charge in [-0.05, 0) is 38.9 Å². The summed E-state index contributed by atoms with van der Waals surface area (Å²) in [6.45, 7) is 22.1. The maximum atomic E-state index is 12.2. The van der Waals surface area contributed by atoms with Crippen LogP contribution in [-0.2, 0) is 9.16 Å². The summed E-state index contributed by atoms with van der Waals surface area (Å²) in [5.74, 6) is 0. The molecule has 1 aliphatic heterocycles. The molecular weight excluding hydrogens is 334 g/mol. The van der Waals surface area contributed by atoms with E-state index in [1.54, 1.807) is 0 Å². The lowest BCUT2D eigenvalue weighted by Crippen LogP contribution is -2.54. The first kappa shape index (κ1) is 22.4. The van der Waals surface area contributed by atoms with E-state index in [4.69, 9.17) is 9.16 Å². The number of nitrogens with zero attached hydrogens (tertiary/aromatic N) is 1. The highest BCUT2D eigenvalue weighted by Gasteiger charge is 2.38. The summed E-state index contributed by atoms with van der Waals surface area (Å²) in [4.78, 5) is 14.6. The molecule has 0 unspecified atom stereocenters. The Balaban J connectivity index is 2.68. The third-order valence-corrected chi connectivity index (χ3v) is 9.36. The van der Waals surface area contributed by atoms with Crippen LogP contribution in [0, 0.1) is 0 Å². The third-order valence-electron chi connectivity index (χ3n) is 4.86. The number of amides is 1. The fraction of sp³-hybridized carbons (Fsp3) is 0.944. The summed E-state index contributed by atoms with van der Waals surface area (Å²) in [6, 6.07) is -0.0675. The number of rotatable bonds is 6. The number of ether oxygens (including phenoxy) is 1. The number of alkyl carbamates (subject to hydrolysis) is 1. The molecule has 0 aromatic rings. The van der Waals surface area contributed by atoms with E-state index in [0.29, 0.717) is 6.61 Å². The van der Waals surface area contributed by atoms with Crippen LogP contribution in [0.3, 0.4) is 0 Å². The smallest absolute Gasteiger partial charge is 0.407 e. The summed E-state index contributed by atoms with van der Waals surface area (Å²) < 4.78 is 11.8. The molecule has 0 aliphatic carbocycles. The predicted octanol–water partition coefficient (Wildman–Crippen LogP) is 2.81. The monoisotopic (exact) mass is 373 g/mol. The molecule has 1 fully saturated rings. The van der Waals surface area contributed by atoms with E-state index in [1.807, 2.05) is 20.8 Å². The Morgan fingerprint density at radius 2 is 1.72 bits per heavy atom. The topological polar surface area (TPSA) is 62.8 Å². The Morgan fingerprint density at radius 3 is 2.20 bits per heavy atom. The minimum Gasteiger partial charge on any atom is -0.444 e. The summed E-state index contributed by atoms with van der Waals surface area (Å²) in [6.07, 6.45) is -0.369. The first-order valence-electron chi connectivity index (χ1n) is 9.37. The molecule has 1 aliphatic rings. The van der Waals surface area contributed by atoms with Gasteiger partial charge in [0, 0.05) is 32.7 Å². The van der Waals surface area contributed by atoms with Crippen LogP contribution >= 0.6 is 0 Å². The summed E-state index contributed by atoms with van der Waals surface area (Å²) in [7, 11) is -1.85. The van der Waals surface area contributed by atoms with Crippen molar-refractivity contribution in [2.24, 2.45) is 0 Å². The van der Waals surface area contributed by atoms with Gasteiger partial charge in [-0.25, -0.2) is 4.79 Å². The minimum absolute atomic E-state index is 0.0675. The van der Waals surface area contributed by atoms with Gasteiger partial charge < -0.3 is 19.8 Å². The van der Waals surface area contributed by atoms with Gasteiger partial charge in [-0.3, -0.25) is 4.90 Å². The molecule has 1 saturated heterocycles. The van der Waals surface area contributed by atoms with Crippen LogP contribution in [0.15, 0.2) is 0 Å². The largest absolute Gasteiger partial charge is 0.444 e. The van der Waals surface area contributed by atoms with Gasteiger partial charge in [0.25, 0.3) is 0 Å². The van der Waals surface area contributed by atoms with Crippen molar-refractivity contribution in [3.63, 3.8) is 0 Å². The lowest BCUT2D eigenvalue weighted by molar-refractivity contribution is 0.0464. The molecule has 0 aromatic heterocycles. The normalized spacial score (nSPS) is 18.7. The van der Waals surface area contributed by atoms with Gasteiger partial charge >= 0.3 is 6.09 Å². The number of carbonyl (C=O) groups excluding carboxylic acids is 1. The Bertz CT molecular complexity index is 424. The number of hydrogen-bond donors (Lipinski definition) is 2. The van der Waals surface area contributed by atoms with Crippen LogP contribution in [0.4, 0.5) is 4.79 Å². The van der Waals surface area contributed by atoms with Crippen LogP contribution in [0.1, 0.15) is 41.5 Å². The van der Waals surface area contributed by atoms with Crippen molar-refractivity contribution < 1.29 is 14.0 Å². The van der Waals surface area contributed by atoms with Gasteiger partial charge in [0.15, 0.2) is 8.32 Å². The van der Waals surface area contributed by atoms with E-state index < -0.39 is 13.9 Å². The SMILES string of the molecule is CC(C)(C)OC(=O)N[C@@H](CO[Si](C)(C)C(C)(C)C)CN1CCNCC1. The first-order valence-corrected chi connectivity index (χ1v) is 12.3. The first-order chi connectivity index (χ1) is 11.3. The molecule has 1 heterocycles. The molecule has 0 radical (unpaired) electrons. The molecular formula is C18H39N3O3Si. The zero-order valence-electron chi connectivity index (χ0n) is 17.5. The highest BCUT2D eigenvalue weighted by molar-refractivity contribution is 6.74. The molecule has 0 bridgehead atoms. The van der Waals surface area contributed by atoms with Gasteiger partial charge in [-0.2, -0.15) is 0 Å². The number of hydrogen-bond acceptors (Lipinski definition) is 5. The second-order valence-electron chi connectivity index (χ2n) is 9.47. The van der Waals surface area contributed by atoms with E-state index >= 15 is 0 Å². The van der Waals surface area contributed by atoms with E-state index in [1.165, 1.54) is 0 Å². The lowest BCUT2D eigenvalue weighted by Gasteiger charge is -2.38. The Morgan fingerprint density at radius 1 is 1.16 bits per heavy atom. The van der Waals surface area contributed by atoms with Gasteiger partial charge in [-0.15, -0.1) is 0 Å². The Kier molecular flexibility index (Phi) is 7.92. The van der Waals surface area contributed by atoms with E-state index in [0.717, 1.165) is 32.7 Å². The van der Waals surface area contributed by atoms with Crippen molar-refractivity contribution in [2.75, 3.05) is 39.3 Å². The van der Waals surface area contributed by atoms with Crippen molar-refractivity contribution in [2.45, 2.75) is 71.3 Å². The standard InChI is InChI=1S/C18H39N3O3Si/c1-17(2,3)24-16(22)20-15(13-21-11-9-19-10-12-21)14-23-25(7,8)18(4,5)6/h15,19H,9-14H2,1-8H3,(H,20,22)/t15-/m1/s1. The van der Waals surface area contributed by atoms with Gasteiger partial charge in [0.1, 0.15) is 5.60 Å². The van der Waals surface area contributed by atoms with Gasteiger partial charge in [0.05, 0.1) is 12.6 Å². The van der Waals surface area contributed by atoms with Crippen molar-refractivity contribution in [1.82, 2.24) is 15.5 Å². The van der Waals surface area contributed by atoms with Gasteiger partial charge in [0.2, 0.25) is 0 Å². The third kappa shape index (κ3) is 8.53. The quantitative estimate of drug-likeness (QED) is 0.701. The average molecular weight is 374 g/mol. The van der Waals surface area contributed by atoms with Crippen LogP contribution in [0.25, 0.3) is 0 Å². The molecule has 1 rings (SSSR count). The molecule has 0 spiro atoms. The minimum atomic E-state index is -1.85. The highest BCUT2D eigenvalue weighted by atomic mass is 28.4. The predicted molar refractivity (Wildman–Crippen MR) is 106 cm³/mol. The fourth-order valence-electron chi connectivity index (χ4n) is 2.35. The Labute approximate surface area is 155 Å². The van der Waals surface area contributed by atoms with Crippen LogP contribution in [-0.4, -0.2) is 70.3 Å². The van der Waals surface area contributed by atoms with Crippen molar-refractivity contribution in [3.05, 3.63) is 0 Å². The maximum absolute atomic E-state index is 12.2. The Hall–Kier alpha value is -0.633. The molecule has 148 valence electrons. The summed E-state index contributed by atoms with van der Waals surface area (Å²) in [5, 5.41) is 6.53. The van der Waals surface area contributed by atoms with Crippen LogP contribution in [0.2, 0.25) is 18.1 Å². The van der Waals surface area contributed by atoms with Crippen LogP contribution < -0.4 is 10.6 Å². The molecule has 0 aromatic carbocycles. The van der Waals surface area contributed by atoms with E-state index in [9.17, 15) is 4.79 Å². The molecule has 2 N–H and O–H groups in total. The highest BCUT2D eigenvalue weighted by Crippen LogP contribution is 2.36. The summed E-state index contributed by atoms with van der Waals surface area (Å²) in [5.41, 5.74) is -0.496. The molecule has 1 atom stereocenters. The number of nitrogens with one attached hydrogen (secondary N) is 2.